The predicted octanol–water partition coefficient (Wildman–Crippen LogP) is 5.86. The summed E-state index contributed by atoms with van der Waals surface area (Å²) in [6.07, 6.45) is -2.80. The second-order valence-electron chi connectivity index (χ2n) is 7.07. The summed E-state index contributed by atoms with van der Waals surface area (Å²) < 4.78 is 39.7. The molecule has 0 spiro atoms. The second kappa shape index (κ2) is 8.55. The Balaban J connectivity index is 1.79. The van der Waals surface area contributed by atoms with Crippen LogP contribution in [0.1, 0.15) is 11.1 Å². The number of hydrogen-bond acceptors (Lipinski definition) is 4. The Morgan fingerprint density at radius 3 is 2.29 bits per heavy atom. The van der Waals surface area contributed by atoms with Crippen molar-refractivity contribution >= 4 is 5.82 Å². The molecule has 0 amide bonds. The zero-order chi connectivity index (χ0) is 21.8. The molecule has 0 aliphatic rings. The molecule has 0 aliphatic heterocycles. The molecular formula is C24H19F3N4. The van der Waals surface area contributed by atoms with Gasteiger partial charge in [0.2, 0.25) is 0 Å². The van der Waals surface area contributed by atoms with Crippen LogP contribution in [0.5, 0.6) is 0 Å². The van der Waals surface area contributed by atoms with Crippen LogP contribution < -0.4 is 4.90 Å². The number of pyridine rings is 1. The molecule has 0 unspecified atom stereocenters. The first-order valence-corrected chi connectivity index (χ1v) is 9.63. The van der Waals surface area contributed by atoms with Crippen molar-refractivity contribution in [2.75, 3.05) is 11.9 Å². The molecule has 0 atom stereocenters. The summed E-state index contributed by atoms with van der Waals surface area (Å²) in [6.45, 7) is 0.585. The van der Waals surface area contributed by atoms with E-state index in [1.54, 1.807) is 30.5 Å². The highest BCUT2D eigenvalue weighted by atomic mass is 19.4. The van der Waals surface area contributed by atoms with Crippen molar-refractivity contribution in [1.82, 2.24) is 15.0 Å². The van der Waals surface area contributed by atoms with Crippen LogP contribution in [-0.2, 0) is 12.7 Å². The molecule has 2 heterocycles. The highest BCUT2D eigenvalue weighted by Crippen LogP contribution is 2.33. The molecule has 0 bridgehead atoms. The van der Waals surface area contributed by atoms with Gasteiger partial charge < -0.3 is 4.90 Å². The Labute approximate surface area is 178 Å². The zero-order valence-electron chi connectivity index (χ0n) is 16.7. The maximum atomic E-state index is 13.2. The van der Waals surface area contributed by atoms with Gasteiger partial charge in [-0.2, -0.15) is 13.2 Å². The lowest BCUT2D eigenvalue weighted by molar-refractivity contribution is -0.137. The molecule has 0 N–H and O–H groups in total. The Hall–Kier alpha value is -3.74. The quantitative estimate of drug-likeness (QED) is 0.406. The second-order valence-corrected chi connectivity index (χ2v) is 7.07. The van der Waals surface area contributed by atoms with E-state index in [4.69, 9.17) is 0 Å². The molecule has 4 nitrogen and oxygen atoms in total. The van der Waals surface area contributed by atoms with Crippen LogP contribution in [0.25, 0.3) is 22.8 Å². The topological polar surface area (TPSA) is 41.9 Å². The fourth-order valence-corrected chi connectivity index (χ4v) is 3.18. The standard InChI is InChI=1S/C24H19F3N4/c1-31(16-17-8-3-2-4-9-17)22-15-21(18-10-7-11-19(14-18)24(25,26)27)29-23(30-22)20-12-5-6-13-28-20/h2-15H,16H2,1H3. The van der Waals surface area contributed by atoms with Crippen LogP contribution in [0.3, 0.4) is 0 Å². The molecule has 156 valence electrons. The number of hydrogen-bond donors (Lipinski definition) is 0. The number of alkyl halides is 3. The number of halogens is 3. The smallest absolute Gasteiger partial charge is 0.355 e. The third-order valence-corrected chi connectivity index (χ3v) is 4.75. The Kier molecular flexibility index (Phi) is 5.66. The van der Waals surface area contributed by atoms with Gasteiger partial charge in [-0.15, -0.1) is 0 Å². The van der Waals surface area contributed by atoms with Gasteiger partial charge in [0.1, 0.15) is 11.5 Å². The lowest BCUT2D eigenvalue weighted by Crippen LogP contribution is -2.18. The summed E-state index contributed by atoms with van der Waals surface area (Å²) in [4.78, 5) is 15.4. The van der Waals surface area contributed by atoms with E-state index in [0.29, 0.717) is 35.1 Å². The van der Waals surface area contributed by atoms with E-state index < -0.39 is 11.7 Å². The van der Waals surface area contributed by atoms with E-state index in [2.05, 4.69) is 15.0 Å². The average molecular weight is 420 g/mol. The molecule has 4 aromatic rings. The van der Waals surface area contributed by atoms with E-state index in [-0.39, 0.29) is 0 Å². The molecule has 0 radical (unpaired) electrons. The minimum atomic E-state index is -4.43. The van der Waals surface area contributed by atoms with Gasteiger partial charge in [0.05, 0.1) is 11.3 Å². The molecule has 2 aromatic carbocycles. The van der Waals surface area contributed by atoms with Crippen LogP contribution in [0.4, 0.5) is 19.0 Å². The molecule has 0 fully saturated rings. The van der Waals surface area contributed by atoms with E-state index >= 15 is 0 Å². The van der Waals surface area contributed by atoms with Gasteiger partial charge in [-0.05, 0) is 29.8 Å². The first kappa shape index (κ1) is 20.5. The van der Waals surface area contributed by atoms with Crippen LogP contribution in [-0.4, -0.2) is 22.0 Å². The molecule has 0 saturated heterocycles. The predicted molar refractivity (Wildman–Crippen MR) is 114 cm³/mol. The summed E-state index contributed by atoms with van der Waals surface area (Å²) in [5, 5.41) is 0. The number of anilines is 1. The molecule has 31 heavy (non-hydrogen) atoms. The monoisotopic (exact) mass is 420 g/mol. The van der Waals surface area contributed by atoms with Crippen molar-refractivity contribution in [3.05, 3.63) is 96.2 Å². The summed E-state index contributed by atoms with van der Waals surface area (Å²) in [6, 6.07) is 22.1. The van der Waals surface area contributed by atoms with Crippen molar-refractivity contribution in [1.29, 1.82) is 0 Å². The van der Waals surface area contributed by atoms with Crippen LogP contribution in [0, 0.1) is 0 Å². The van der Waals surface area contributed by atoms with Gasteiger partial charge in [0.25, 0.3) is 0 Å². The summed E-state index contributed by atoms with van der Waals surface area (Å²) in [5.41, 5.74) is 1.68. The Morgan fingerprint density at radius 1 is 0.806 bits per heavy atom. The van der Waals surface area contributed by atoms with E-state index in [1.807, 2.05) is 48.3 Å². The largest absolute Gasteiger partial charge is 0.416 e. The minimum Gasteiger partial charge on any atom is -0.355 e. The SMILES string of the molecule is CN(Cc1ccccc1)c1cc(-c2cccc(C(F)(F)F)c2)nc(-c2ccccn2)n1. The van der Waals surface area contributed by atoms with E-state index in [1.165, 1.54) is 6.07 Å². The fourth-order valence-electron chi connectivity index (χ4n) is 3.18. The van der Waals surface area contributed by atoms with Crippen LogP contribution >= 0.6 is 0 Å². The third kappa shape index (κ3) is 4.88. The molecule has 7 heteroatoms. The van der Waals surface area contributed by atoms with Crippen molar-refractivity contribution < 1.29 is 13.2 Å². The lowest BCUT2D eigenvalue weighted by Gasteiger charge is -2.20. The number of nitrogens with zero attached hydrogens (tertiary/aromatic N) is 4. The van der Waals surface area contributed by atoms with Gasteiger partial charge in [-0.1, -0.05) is 48.5 Å². The molecule has 4 rings (SSSR count). The molecular weight excluding hydrogens is 401 g/mol. The molecule has 0 aliphatic carbocycles. The van der Waals surface area contributed by atoms with Crippen LogP contribution in [0.15, 0.2) is 85.1 Å². The summed E-state index contributed by atoms with van der Waals surface area (Å²) in [5.74, 6) is 0.942. The third-order valence-electron chi connectivity index (χ3n) is 4.75. The lowest BCUT2D eigenvalue weighted by atomic mass is 10.1. The van der Waals surface area contributed by atoms with Crippen molar-refractivity contribution in [2.45, 2.75) is 12.7 Å². The van der Waals surface area contributed by atoms with E-state index in [9.17, 15) is 13.2 Å². The molecule has 2 aromatic heterocycles. The van der Waals surface area contributed by atoms with Crippen LogP contribution in [0.2, 0.25) is 0 Å². The van der Waals surface area contributed by atoms with Gasteiger partial charge >= 0.3 is 6.18 Å². The van der Waals surface area contributed by atoms with Crippen molar-refractivity contribution in [2.24, 2.45) is 0 Å². The number of benzene rings is 2. The number of aromatic nitrogens is 3. The van der Waals surface area contributed by atoms with E-state index in [0.717, 1.165) is 17.7 Å². The number of rotatable bonds is 5. The van der Waals surface area contributed by atoms with Gasteiger partial charge in [0.15, 0.2) is 5.82 Å². The highest BCUT2D eigenvalue weighted by Gasteiger charge is 2.30. The van der Waals surface area contributed by atoms with Crippen molar-refractivity contribution in [3.63, 3.8) is 0 Å². The maximum absolute atomic E-state index is 13.2. The average Bonchev–Trinajstić information content (AvgIpc) is 2.79. The Bertz CT molecular complexity index is 1160. The van der Waals surface area contributed by atoms with Gasteiger partial charge in [-0.25, -0.2) is 9.97 Å². The summed E-state index contributed by atoms with van der Waals surface area (Å²) in [7, 11) is 1.88. The normalized spacial score (nSPS) is 11.4. The van der Waals surface area contributed by atoms with Gasteiger partial charge in [-0.3, -0.25) is 4.98 Å². The minimum absolute atomic E-state index is 0.352. The first-order valence-electron chi connectivity index (χ1n) is 9.63. The fraction of sp³-hybridized carbons (Fsp3) is 0.125. The van der Waals surface area contributed by atoms with Crippen molar-refractivity contribution in [3.8, 4) is 22.8 Å². The molecule has 0 saturated carbocycles. The first-order chi connectivity index (χ1) is 14.9. The van der Waals surface area contributed by atoms with Gasteiger partial charge in [0, 0.05) is 31.4 Å². The maximum Gasteiger partial charge on any atom is 0.416 e. The highest BCUT2D eigenvalue weighted by molar-refractivity contribution is 5.67. The zero-order valence-corrected chi connectivity index (χ0v) is 16.7. The summed E-state index contributed by atoms with van der Waals surface area (Å²) >= 11 is 0. The Morgan fingerprint density at radius 2 is 1.58 bits per heavy atom.